The lowest BCUT2D eigenvalue weighted by Crippen LogP contribution is -2.50. The first-order chi connectivity index (χ1) is 12.0. The number of nitro benzene ring substituents is 1. The van der Waals surface area contributed by atoms with Crippen LogP contribution in [-0.4, -0.2) is 47.0 Å². The molecule has 1 aliphatic heterocycles. The van der Waals surface area contributed by atoms with E-state index in [9.17, 15) is 19.3 Å². The average Bonchev–Trinajstić information content (AvgIpc) is 2.64. The Morgan fingerprint density at radius 3 is 2.68 bits per heavy atom. The summed E-state index contributed by atoms with van der Waals surface area (Å²) < 4.78 is 13.5. The first-order valence-electron chi connectivity index (χ1n) is 7.69. The summed E-state index contributed by atoms with van der Waals surface area (Å²) >= 11 is 0. The zero-order valence-electron chi connectivity index (χ0n) is 13.3. The Morgan fingerprint density at radius 2 is 2.00 bits per heavy atom. The van der Waals surface area contributed by atoms with E-state index in [-0.39, 0.29) is 17.4 Å². The maximum absolute atomic E-state index is 13.5. The van der Waals surface area contributed by atoms with Gasteiger partial charge in [-0.3, -0.25) is 15.1 Å². The third-order valence-electron chi connectivity index (χ3n) is 3.99. The minimum atomic E-state index is -0.592. The van der Waals surface area contributed by atoms with Crippen molar-refractivity contribution in [2.75, 3.05) is 36.4 Å². The molecule has 3 rings (SSSR count). The second-order valence-electron chi connectivity index (χ2n) is 5.54. The lowest BCUT2D eigenvalue weighted by Gasteiger charge is -2.36. The fourth-order valence-electron chi connectivity index (χ4n) is 2.64. The van der Waals surface area contributed by atoms with Crippen LogP contribution < -0.4 is 10.2 Å². The number of carbonyl (C=O) groups excluding carboxylic acids is 1. The molecule has 0 spiro atoms. The third kappa shape index (κ3) is 3.82. The first-order valence-corrected chi connectivity index (χ1v) is 7.69. The third-order valence-corrected chi connectivity index (χ3v) is 3.99. The van der Waals surface area contributed by atoms with Gasteiger partial charge in [0.15, 0.2) is 5.82 Å². The van der Waals surface area contributed by atoms with Crippen LogP contribution in [0.5, 0.6) is 0 Å². The number of aromatic nitrogens is 1. The van der Waals surface area contributed by atoms with Gasteiger partial charge < -0.3 is 15.1 Å². The average molecular weight is 345 g/mol. The molecule has 1 aromatic heterocycles. The number of benzene rings is 1. The highest BCUT2D eigenvalue weighted by atomic mass is 19.1. The topological polar surface area (TPSA) is 91.6 Å². The van der Waals surface area contributed by atoms with Gasteiger partial charge in [0.2, 0.25) is 0 Å². The van der Waals surface area contributed by atoms with E-state index in [0.29, 0.717) is 26.2 Å². The lowest BCUT2D eigenvalue weighted by atomic mass is 10.2. The van der Waals surface area contributed by atoms with E-state index in [1.54, 1.807) is 17.0 Å². The number of non-ortho nitro benzene ring substituents is 1. The van der Waals surface area contributed by atoms with Gasteiger partial charge in [0, 0.05) is 50.2 Å². The molecule has 2 amide bonds. The van der Waals surface area contributed by atoms with Crippen LogP contribution >= 0.6 is 0 Å². The Kier molecular flexibility index (Phi) is 4.73. The zero-order valence-corrected chi connectivity index (χ0v) is 13.3. The van der Waals surface area contributed by atoms with Crippen molar-refractivity contribution in [2.24, 2.45) is 0 Å². The van der Waals surface area contributed by atoms with Crippen LogP contribution in [-0.2, 0) is 0 Å². The van der Waals surface area contributed by atoms with Crippen LogP contribution in [0, 0.1) is 15.9 Å². The van der Waals surface area contributed by atoms with Crippen molar-refractivity contribution >= 4 is 23.1 Å². The molecule has 1 saturated heterocycles. The second-order valence-corrected chi connectivity index (χ2v) is 5.54. The van der Waals surface area contributed by atoms with Crippen molar-refractivity contribution in [1.29, 1.82) is 0 Å². The number of halogens is 1. The summed E-state index contributed by atoms with van der Waals surface area (Å²) in [5.74, 6) is -0.592. The Morgan fingerprint density at radius 1 is 1.24 bits per heavy atom. The number of pyridine rings is 1. The van der Waals surface area contributed by atoms with E-state index >= 15 is 0 Å². The monoisotopic (exact) mass is 345 g/mol. The van der Waals surface area contributed by atoms with E-state index in [0.717, 1.165) is 11.9 Å². The Labute approximate surface area is 143 Å². The Bertz CT molecular complexity index is 793. The van der Waals surface area contributed by atoms with Crippen LogP contribution in [0.4, 0.5) is 26.2 Å². The molecule has 0 atom stereocenters. The summed E-state index contributed by atoms with van der Waals surface area (Å²) in [6.07, 6.45) is 2.44. The largest absolute Gasteiger partial charge is 0.368 e. The highest BCUT2D eigenvalue weighted by Crippen LogP contribution is 2.22. The summed E-state index contributed by atoms with van der Waals surface area (Å²) in [5.41, 5.74) is 0.862. The SMILES string of the molecule is O=C(Nc1ccncc1F)N1CCN(c2cccc([N+](=O)[O-])c2)CC1. The van der Waals surface area contributed by atoms with E-state index in [1.807, 2.05) is 4.90 Å². The highest BCUT2D eigenvalue weighted by molar-refractivity contribution is 5.89. The minimum Gasteiger partial charge on any atom is -0.368 e. The fraction of sp³-hybridized carbons (Fsp3) is 0.250. The van der Waals surface area contributed by atoms with Gasteiger partial charge in [0.1, 0.15) is 0 Å². The molecule has 1 aromatic carbocycles. The van der Waals surface area contributed by atoms with Crippen LogP contribution in [0.15, 0.2) is 42.7 Å². The molecule has 0 bridgehead atoms. The van der Waals surface area contributed by atoms with Crippen molar-refractivity contribution in [2.45, 2.75) is 0 Å². The molecule has 2 aromatic rings. The molecule has 1 N–H and O–H groups in total. The van der Waals surface area contributed by atoms with E-state index in [2.05, 4.69) is 10.3 Å². The smallest absolute Gasteiger partial charge is 0.322 e. The molecule has 1 fully saturated rings. The molecule has 0 saturated carbocycles. The molecule has 8 nitrogen and oxygen atoms in total. The lowest BCUT2D eigenvalue weighted by molar-refractivity contribution is -0.384. The first kappa shape index (κ1) is 16.6. The van der Waals surface area contributed by atoms with Crippen LogP contribution in [0.25, 0.3) is 0 Å². The number of carbonyl (C=O) groups is 1. The predicted octanol–water partition coefficient (Wildman–Crippen LogP) is 2.48. The standard InChI is InChI=1S/C16H16FN5O3/c17-14-11-18-5-4-15(14)19-16(23)21-8-6-20(7-9-21)12-2-1-3-13(10-12)22(24)25/h1-5,10-11H,6-9H2,(H,18,19,23). The number of nitrogens with one attached hydrogen (secondary N) is 1. The number of amides is 2. The summed E-state index contributed by atoms with van der Waals surface area (Å²) in [4.78, 5) is 29.8. The zero-order chi connectivity index (χ0) is 17.8. The molecular weight excluding hydrogens is 329 g/mol. The van der Waals surface area contributed by atoms with Crippen molar-refractivity contribution in [1.82, 2.24) is 9.88 Å². The Balaban J connectivity index is 1.60. The maximum atomic E-state index is 13.5. The summed E-state index contributed by atoms with van der Waals surface area (Å²) in [5, 5.41) is 13.4. The van der Waals surface area contributed by atoms with Gasteiger partial charge in [-0.2, -0.15) is 0 Å². The van der Waals surface area contributed by atoms with Crippen molar-refractivity contribution in [3.63, 3.8) is 0 Å². The van der Waals surface area contributed by atoms with E-state index < -0.39 is 10.7 Å². The van der Waals surface area contributed by atoms with Gasteiger partial charge in [-0.25, -0.2) is 9.18 Å². The molecular formula is C16H16FN5O3. The molecule has 0 radical (unpaired) electrons. The van der Waals surface area contributed by atoms with Gasteiger partial charge in [0.25, 0.3) is 5.69 Å². The predicted molar refractivity (Wildman–Crippen MR) is 90.1 cm³/mol. The minimum absolute atomic E-state index is 0.0332. The molecule has 0 aliphatic carbocycles. The van der Waals surface area contributed by atoms with Gasteiger partial charge in [-0.1, -0.05) is 6.07 Å². The number of nitro groups is 1. The normalized spacial score (nSPS) is 14.3. The summed E-state index contributed by atoms with van der Waals surface area (Å²) in [7, 11) is 0. The molecule has 9 heteroatoms. The number of urea groups is 1. The molecule has 0 unspecified atom stereocenters. The van der Waals surface area contributed by atoms with Gasteiger partial charge in [0.05, 0.1) is 16.8 Å². The number of hydrogen-bond donors (Lipinski definition) is 1. The van der Waals surface area contributed by atoms with Crippen molar-refractivity contribution < 1.29 is 14.1 Å². The quantitative estimate of drug-likeness (QED) is 0.681. The van der Waals surface area contributed by atoms with Crippen LogP contribution in [0.1, 0.15) is 0 Å². The number of hydrogen-bond acceptors (Lipinski definition) is 5. The number of piperazine rings is 1. The molecule has 130 valence electrons. The van der Waals surface area contributed by atoms with Gasteiger partial charge in [-0.05, 0) is 12.1 Å². The van der Waals surface area contributed by atoms with Crippen LogP contribution in [0.3, 0.4) is 0 Å². The highest BCUT2D eigenvalue weighted by Gasteiger charge is 2.22. The fourth-order valence-corrected chi connectivity index (χ4v) is 2.64. The number of nitrogens with zero attached hydrogens (tertiary/aromatic N) is 4. The van der Waals surface area contributed by atoms with Crippen LogP contribution in [0.2, 0.25) is 0 Å². The van der Waals surface area contributed by atoms with Gasteiger partial charge in [-0.15, -0.1) is 0 Å². The Hall–Kier alpha value is -3.23. The van der Waals surface area contributed by atoms with Gasteiger partial charge >= 0.3 is 6.03 Å². The summed E-state index contributed by atoms with van der Waals surface area (Å²) in [6.45, 7) is 1.93. The maximum Gasteiger partial charge on any atom is 0.322 e. The molecule has 25 heavy (non-hydrogen) atoms. The number of anilines is 2. The second kappa shape index (κ2) is 7.12. The molecule has 2 heterocycles. The summed E-state index contributed by atoms with van der Waals surface area (Å²) in [6, 6.07) is 7.41. The van der Waals surface area contributed by atoms with E-state index in [1.165, 1.54) is 24.4 Å². The van der Waals surface area contributed by atoms with E-state index in [4.69, 9.17) is 0 Å². The molecule has 1 aliphatic rings. The van der Waals surface area contributed by atoms with Crippen molar-refractivity contribution in [3.8, 4) is 0 Å². The number of rotatable bonds is 3. The van der Waals surface area contributed by atoms with Crippen molar-refractivity contribution in [3.05, 3.63) is 58.7 Å².